The van der Waals surface area contributed by atoms with Crippen LogP contribution in [-0.4, -0.2) is 57.9 Å². The van der Waals surface area contributed by atoms with Crippen molar-refractivity contribution in [1.82, 2.24) is 30.6 Å². The predicted molar refractivity (Wildman–Crippen MR) is 127 cm³/mol. The molecule has 2 amide bonds. The van der Waals surface area contributed by atoms with E-state index < -0.39 is 11.8 Å². The summed E-state index contributed by atoms with van der Waals surface area (Å²) in [5.41, 5.74) is 7.58. The van der Waals surface area contributed by atoms with Crippen molar-refractivity contribution in [2.24, 2.45) is 0 Å². The molecule has 4 heterocycles. The maximum Gasteiger partial charge on any atom is 0.281 e. The Kier molecular flexibility index (Phi) is 6.61. The maximum absolute atomic E-state index is 13.1. The lowest BCUT2D eigenvalue weighted by Gasteiger charge is -2.25. The van der Waals surface area contributed by atoms with Crippen LogP contribution in [0.3, 0.4) is 0 Å². The highest BCUT2D eigenvalue weighted by molar-refractivity contribution is 7.17. The standard InChI is InChI=1S/C22H29N7O3S/c1-12(2)17-10-15(16-11-23-29(13(3)4)19(16)25-17)20(30)26-27-21(31)18-14(5)24-22(33-18)28-6-8-32-9-7-28/h10-13H,6-9H2,1-5H3,(H,26,30)(H,27,31). The molecule has 2 N–H and O–H groups in total. The monoisotopic (exact) mass is 471 g/mol. The van der Waals surface area contributed by atoms with Crippen LogP contribution in [0.15, 0.2) is 12.3 Å². The van der Waals surface area contributed by atoms with Crippen LogP contribution < -0.4 is 15.8 Å². The average molecular weight is 472 g/mol. The summed E-state index contributed by atoms with van der Waals surface area (Å²) in [5.74, 6) is -0.689. The lowest BCUT2D eigenvalue weighted by molar-refractivity contribution is 0.0849. The van der Waals surface area contributed by atoms with Crippen LogP contribution in [0.5, 0.6) is 0 Å². The first kappa shape index (κ1) is 23.1. The highest BCUT2D eigenvalue weighted by Gasteiger charge is 2.22. The lowest BCUT2D eigenvalue weighted by Crippen LogP contribution is -2.41. The summed E-state index contributed by atoms with van der Waals surface area (Å²) in [6.45, 7) is 12.6. The van der Waals surface area contributed by atoms with Gasteiger partial charge >= 0.3 is 0 Å². The van der Waals surface area contributed by atoms with E-state index in [1.54, 1.807) is 23.9 Å². The van der Waals surface area contributed by atoms with Crippen molar-refractivity contribution < 1.29 is 14.3 Å². The third-order valence-corrected chi connectivity index (χ3v) is 6.69. The van der Waals surface area contributed by atoms with Crippen LogP contribution in [0.2, 0.25) is 0 Å². The molecule has 10 nitrogen and oxygen atoms in total. The van der Waals surface area contributed by atoms with E-state index in [-0.39, 0.29) is 12.0 Å². The minimum atomic E-state index is -0.420. The third-order valence-electron chi connectivity index (χ3n) is 5.47. The number of ether oxygens (including phenoxy) is 1. The summed E-state index contributed by atoms with van der Waals surface area (Å²) in [6.07, 6.45) is 1.64. The molecule has 0 bridgehead atoms. The molecule has 0 atom stereocenters. The van der Waals surface area contributed by atoms with Gasteiger partial charge in [-0.25, -0.2) is 14.6 Å². The summed E-state index contributed by atoms with van der Waals surface area (Å²) in [6, 6.07) is 1.86. The molecule has 0 aromatic carbocycles. The zero-order valence-corrected chi connectivity index (χ0v) is 20.3. The van der Waals surface area contributed by atoms with Gasteiger partial charge in [-0.3, -0.25) is 20.4 Å². The van der Waals surface area contributed by atoms with Crippen molar-refractivity contribution in [2.75, 3.05) is 31.2 Å². The summed E-state index contributed by atoms with van der Waals surface area (Å²) in [4.78, 5) is 37.7. The van der Waals surface area contributed by atoms with Gasteiger partial charge in [-0.05, 0) is 32.8 Å². The van der Waals surface area contributed by atoms with E-state index in [2.05, 4.69) is 25.8 Å². The molecule has 0 unspecified atom stereocenters. The number of aryl methyl sites for hydroxylation is 1. The third kappa shape index (κ3) is 4.69. The summed E-state index contributed by atoms with van der Waals surface area (Å²) in [7, 11) is 0. The number of carbonyl (C=O) groups is 2. The van der Waals surface area contributed by atoms with Crippen LogP contribution in [0.25, 0.3) is 11.0 Å². The summed E-state index contributed by atoms with van der Waals surface area (Å²) < 4.78 is 7.17. The summed E-state index contributed by atoms with van der Waals surface area (Å²) in [5, 5.41) is 5.83. The molecule has 1 aliphatic rings. The second-order valence-electron chi connectivity index (χ2n) is 8.59. The van der Waals surface area contributed by atoms with E-state index >= 15 is 0 Å². The largest absolute Gasteiger partial charge is 0.378 e. The van der Waals surface area contributed by atoms with Crippen molar-refractivity contribution >= 4 is 39.3 Å². The quantitative estimate of drug-likeness (QED) is 0.550. The zero-order valence-electron chi connectivity index (χ0n) is 19.5. The van der Waals surface area contributed by atoms with Crippen molar-refractivity contribution in [1.29, 1.82) is 0 Å². The molecule has 0 saturated carbocycles. The molecular weight excluding hydrogens is 442 g/mol. The van der Waals surface area contributed by atoms with Gasteiger partial charge in [-0.15, -0.1) is 0 Å². The fourth-order valence-electron chi connectivity index (χ4n) is 3.62. The number of aromatic nitrogens is 4. The van der Waals surface area contributed by atoms with Gasteiger partial charge in [0.05, 0.1) is 36.1 Å². The molecule has 1 fully saturated rings. The number of morpholine rings is 1. The Balaban J connectivity index is 1.53. The van der Waals surface area contributed by atoms with E-state index in [4.69, 9.17) is 9.72 Å². The molecule has 3 aromatic rings. The molecule has 1 aliphatic heterocycles. The fourth-order valence-corrected chi connectivity index (χ4v) is 4.63. The molecule has 0 radical (unpaired) electrons. The Bertz CT molecular complexity index is 1180. The molecular formula is C22H29N7O3S. The Labute approximate surface area is 196 Å². The number of nitrogens with zero attached hydrogens (tertiary/aromatic N) is 5. The van der Waals surface area contributed by atoms with Crippen molar-refractivity contribution in [3.05, 3.63) is 34.1 Å². The second kappa shape index (κ2) is 9.44. The molecule has 0 aliphatic carbocycles. The van der Waals surface area contributed by atoms with Gasteiger partial charge in [0.1, 0.15) is 4.88 Å². The van der Waals surface area contributed by atoms with Crippen LogP contribution in [0.4, 0.5) is 5.13 Å². The number of anilines is 1. The van der Waals surface area contributed by atoms with Crippen molar-refractivity contribution in [2.45, 2.75) is 46.6 Å². The number of hydrazine groups is 1. The Hall–Kier alpha value is -3.05. The number of fused-ring (bicyclic) bond motifs is 1. The second-order valence-corrected chi connectivity index (χ2v) is 9.57. The van der Waals surface area contributed by atoms with Gasteiger partial charge in [0.2, 0.25) is 0 Å². The van der Waals surface area contributed by atoms with Gasteiger partial charge in [0.25, 0.3) is 11.8 Å². The smallest absolute Gasteiger partial charge is 0.281 e. The average Bonchev–Trinajstić information content (AvgIpc) is 3.41. The Morgan fingerprint density at radius 1 is 1.09 bits per heavy atom. The topological polar surface area (TPSA) is 114 Å². The highest BCUT2D eigenvalue weighted by Crippen LogP contribution is 2.27. The summed E-state index contributed by atoms with van der Waals surface area (Å²) >= 11 is 1.31. The van der Waals surface area contributed by atoms with Crippen LogP contribution in [0.1, 0.15) is 71.1 Å². The fraction of sp³-hybridized carbons (Fsp3) is 0.500. The normalized spacial score (nSPS) is 14.3. The SMILES string of the molecule is Cc1nc(N2CCOCC2)sc1C(=O)NNC(=O)c1cc(C(C)C)nc2c1cnn2C(C)C. The number of amides is 2. The number of hydrogen-bond donors (Lipinski definition) is 2. The molecule has 11 heteroatoms. The van der Waals surface area contributed by atoms with E-state index in [0.29, 0.717) is 40.4 Å². The van der Waals surface area contributed by atoms with Gasteiger partial charge in [0, 0.05) is 24.8 Å². The number of thiazole rings is 1. The molecule has 176 valence electrons. The van der Waals surface area contributed by atoms with Gasteiger partial charge in [-0.2, -0.15) is 5.10 Å². The lowest BCUT2D eigenvalue weighted by atomic mass is 10.1. The van der Waals surface area contributed by atoms with Crippen LogP contribution in [0, 0.1) is 6.92 Å². The number of carbonyl (C=O) groups excluding carboxylic acids is 2. The first-order valence-electron chi connectivity index (χ1n) is 11.0. The van der Waals surface area contributed by atoms with Crippen molar-refractivity contribution in [3.8, 4) is 0 Å². The molecule has 4 rings (SSSR count). The predicted octanol–water partition coefficient (Wildman–Crippen LogP) is 2.81. The van der Waals surface area contributed by atoms with E-state index in [1.165, 1.54) is 11.3 Å². The van der Waals surface area contributed by atoms with Gasteiger partial charge in [-0.1, -0.05) is 25.2 Å². The van der Waals surface area contributed by atoms with Gasteiger partial charge < -0.3 is 9.64 Å². The number of rotatable bonds is 5. The minimum absolute atomic E-state index is 0.1000. The zero-order chi connectivity index (χ0) is 23.7. The number of hydrogen-bond acceptors (Lipinski definition) is 8. The van der Waals surface area contributed by atoms with Crippen LogP contribution >= 0.6 is 11.3 Å². The first-order valence-corrected chi connectivity index (χ1v) is 11.9. The number of pyridine rings is 1. The minimum Gasteiger partial charge on any atom is -0.378 e. The first-order chi connectivity index (χ1) is 15.8. The van der Waals surface area contributed by atoms with E-state index in [1.807, 2.05) is 27.7 Å². The van der Waals surface area contributed by atoms with Crippen molar-refractivity contribution in [3.63, 3.8) is 0 Å². The number of nitrogens with one attached hydrogen (secondary N) is 2. The van der Waals surface area contributed by atoms with E-state index in [9.17, 15) is 9.59 Å². The van der Waals surface area contributed by atoms with Crippen LogP contribution in [-0.2, 0) is 4.74 Å². The Morgan fingerprint density at radius 3 is 2.45 bits per heavy atom. The molecule has 0 spiro atoms. The molecule has 33 heavy (non-hydrogen) atoms. The maximum atomic E-state index is 13.1. The highest BCUT2D eigenvalue weighted by atomic mass is 32.1. The molecule has 1 saturated heterocycles. The van der Waals surface area contributed by atoms with E-state index in [0.717, 1.165) is 23.9 Å². The Morgan fingerprint density at radius 2 is 1.79 bits per heavy atom. The molecule has 3 aromatic heterocycles. The van der Waals surface area contributed by atoms with Gasteiger partial charge in [0.15, 0.2) is 10.8 Å².